The molecule has 20 N–H and O–H groups in total. The number of alkyl halides is 5. The summed E-state index contributed by atoms with van der Waals surface area (Å²) in [6, 6.07) is 9.68. The minimum absolute atomic E-state index is 0.0169. The Morgan fingerprint density at radius 1 is 0.358 bits per heavy atom. The summed E-state index contributed by atoms with van der Waals surface area (Å²) in [7, 11) is 0. The van der Waals surface area contributed by atoms with Gasteiger partial charge in [-0.25, -0.2) is 56.4 Å². The van der Waals surface area contributed by atoms with E-state index in [9.17, 15) is 43.4 Å². The molecule has 720 valence electrons. The third-order valence-corrected chi connectivity index (χ3v) is 31.8. The van der Waals surface area contributed by atoms with Crippen LogP contribution in [0.3, 0.4) is 0 Å². The maximum absolute atomic E-state index is 16.0. The molecule has 21 rings (SSSR count). The lowest BCUT2D eigenvalue weighted by Gasteiger charge is -2.27. The lowest BCUT2D eigenvalue weighted by molar-refractivity contribution is -0.0598. The monoisotopic (exact) mass is 2110 g/mol. The van der Waals surface area contributed by atoms with Crippen molar-refractivity contribution in [1.29, 1.82) is 0 Å². The zero-order valence-corrected chi connectivity index (χ0v) is 77.7. The molecule has 21 heterocycles. The number of thiol groups is 1. The van der Waals surface area contributed by atoms with Gasteiger partial charge in [0.1, 0.15) is 84.1 Å². The summed E-state index contributed by atoms with van der Waals surface area (Å²) in [4.78, 5) is 136. The molecule has 0 amide bonds. The average Bonchev–Trinajstić information content (AvgIpc) is 1.58. The summed E-state index contributed by atoms with van der Waals surface area (Å²) in [5.74, 6) is -0.659. The topological polar surface area (TPSA) is 685 Å². The fourth-order valence-corrected chi connectivity index (χ4v) is 25.0. The number of nitrogen functional groups attached to an aromatic ring is 6. The van der Waals surface area contributed by atoms with Gasteiger partial charge in [-0.05, 0) is 95.4 Å². The van der Waals surface area contributed by atoms with Gasteiger partial charge in [0.2, 0.25) is 17.8 Å². The quantitative estimate of drug-likeness (QED) is 0.0634. The van der Waals surface area contributed by atoms with E-state index < -0.39 is 232 Å². The molecule has 0 aromatic carbocycles. The molecule has 0 radical (unpaired) electrons. The van der Waals surface area contributed by atoms with Gasteiger partial charge in [0, 0.05) is 76.8 Å². The fourth-order valence-electron chi connectivity index (χ4n) is 16.4. The molecule has 0 saturated carbocycles. The summed E-state index contributed by atoms with van der Waals surface area (Å²) < 4.78 is 203. The van der Waals surface area contributed by atoms with Crippen molar-refractivity contribution in [2.24, 2.45) is 0 Å². The minimum atomic E-state index is -4.33. The first-order valence-electron chi connectivity index (χ1n) is 39.4. The lowest BCUT2D eigenvalue weighted by atomic mass is 10.1. The van der Waals surface area contributed by atoms with Gasteiger partial charge in [-0.1, -0.05) is 12.2 Å². The lowest BCUT2D eigenvalue weighted by Crippen LogP contribution is -2.34. The summed E-state index contributed by atoms with van der Waals surface area (Å²) in [5.41, 5.74) is 35.1. The molecule has 0 aliphatic carbocycles. The van der Waals surface area contributed by atoms with Crippen molar-refractivity contribution in [3.8, 4) is 0 Å². The Labute approximate surface area is 774 Å². The average molecular weight is 2110 g/mol. The molecule has 68 heteroatoms. The van der Waals surface area contributed by atoms with Crippen molar-refractivity contribution >= 4 is 213 Å². The second-order valence-corrected chi connectivity index (χ2v) is 47.7. The number of anilines is 6. The predicted molar refractivity (Wildman–Crippen MR) is 477 cm³/mol. The molecular weight excluding hydrogens is 2030 g/mol. The molecule has 9 saturated heterocycles. The van der Waals surface area contributed by atoms with Gasteiger partial charge >= 0.3 is 40.4 Å². The van der Waals surface area contributed by atoms with Crippen LogP contribution in [0.5, 0.6) is 0 Å². The van der Waals surface area contributed by atoms with Crippen LogP contribution >= 0.6 is 52.6 Å². The molecule has 51 nitrogen and oxygen atoms in total. The van der Waals surface area contributed by atoms with Crippen LogP contribution in [-0.2, 0) is 146 Å². The third kappa shape index (κ3) is 18.7. The number of aromatic nitrogens is 18. The van der Waals surface area contributed by atoms with Gasteiger partial charge < -0.3 is 128 Å². The number of ether oxygens (including phenoxy) is 6. The first-order chi connectivity index (χ1) is 63.5. The highest BCUT2D eigenvalue weighted by Gasteiger charge is 2.58. The smallest absolute Gasteiger partial charge is 0.386 e. The van der Waals surface area contributed by atoms with Crippen molar-refractivity contribution in [3.05, 3.63) is 124 Å². The van der Waals surface area contributed by atoms with Gasteiger partial charge in [-0.15, -0.1) is 0 Å². The number of rotatable bonds is 6. The van der Waals surface area contributed by atoms with E-state index in [1.807, 2.05) is 0 Å². The number of hydrogen-bond donors (Lipinski definition) is 15. The highest BCUT2D eigenvalue weighted by atomic mass is 32.7. The molecular formula is C66H73F5N24O27P6S6. The molecule has 12 aromatic rings. The Kier molecular flexibility index (Phi) is 26.1. The summed E-state index contributed by atoms with van der Waals surface area (Å²) in [6.07, 6.45) is -22.0. The molecule has 12 aromatic heterocycles. The standard InChI is InChI=1S/2C22H24F2N8O9P2S2.C22H25FN8O9P2S2/c2*23-12-10-5-36-42(34,44)40-15-11(39-20(13(15)24)31-4-2-8-9(25)1-3-27-17(8)31)6-37-43(35,45)41-16(12)21(38-10)32-7-28-14-18(32)29-22(26)30-19(14)33;23-14-16-13(38-21(14)30-4-2-10-11(24)1-3-26-17(10)30)7-36-41(33,43)39-12-5-9(6-35-42(34,44)40-16)37-20(12)31-8-27-15-18(31)28-22(25)29-19(15)32/h2*1-4,7,10-13,15-16,20-21H,5-6H2,(H2,25,27)(H,34,44)(H,35,45)(H3,26,29,30,33);1-4,8-9,12-14,16,20-21H,5-7H2,(H2,24,26)(H,33,43)(H,34,44)(H3,25,28,29,32)/t2*10-,11-,12-,13+,15-,16-,20-,21-,42?,43?;9-,12+,13+,14-,16+,20+,21+,41?,42?/m110/s1. The zero-order valence-electron chi connectivity index (χ0n) is 67.3. The maximum atomic E-state index is 16.0. The first kappa shape index (κ1) is 95.4. The second-order valence-electron chi connectivity index (χ2n) is 30.9. The first-order valence-corrected chi connectivity index (χ1v) is 55.1. The number of fused-ring (bicyclic) bond motifs is 15. The Hall–Kier alpha value is -7.52. The van der Waals surface area contributed by atoms with Crippen LogP contribution in [0.15, 0.2) is 107 Å². The van der Waals surface area contributed by atoms with Crippen molar-refractivity contribution in [2.45, 2.75) is 148 Å². The second kappa shape index (κ2) is 36.6. The van der Waals surface area contributed by atoms with Gasteiger partial charge in [0.15, 0.2) is 102 Å². The van der Waals surface area contributed by atoms with Crippen molar-refractivity contribution < 1.29 is 134 Å². The largest absolute Gasteiger partial charge is 0.398 e. The van der Waals surface area contributed by atoms with Crippen LogP contribution in [0.2, 0.25) is 0 Å². The van der Waals surface area contributed by atoms with E-state index in [0.29, 0.717) is 50.2 Å². The maximum Gasteiger partial charge on any atom is 0.386 e. The molecule has 6 bridgehead atoms. The number of pyridine rings is 3. The van der Waals surface area contributed by atoms with E-state index in [1.165, 1.54) is 64.7 Å². The van der Waals surface area contributed by atoms with E-state index >= 15 is 22.0 Å². The number of nitrogens with zero attached hydrogens (tertiary/aromatic N) is 15. The predicted octanol–water partition coefficient (Wildman–Crippen LogP) is 4.04. The Morgan fingerprint density at radius 3 is 1.01 bits per heavy atom. The normalized spacial score (nSPS) is 37.3. The number of H-pyrrole nitrogens is 3. The fraction of sp³-hybridized carbons (Fsp3) is 0.455. The molecule has 9 aliphatic rings. The summed E-state index contributed by atoms with van der Waals surface area (Å²) in [6.45, 7) is -29.0. The van der Waals surface area contributed by atoms with Crippen LogP contribution in [0.25, 0.3) is 66.6 Å². The van der Waals surface area contributed by atoms with Gasteiger partial charge in [0.25, 0.3) is 16.7 Å². The van der Waals surface area contributed by atoms with Crippen molar-refractivity contribution in [3.63, 3.8) is 0 Å². The molecule has 9 aliphatic heterocycles. The van der Waals surface area contributed by atoms with Crippen LogP contribution in [-0.4, -0.2) is 255 Å². The number of nitrogens with one attached hydrogen (secondary N) is 3. The van der Waals surface area contributed by atoms with Crippen LogP contribution in [0.4, 0.5) is 56.9 Å². The number of hydrogen-bond acceptors (Lipinski definition) is 42. The van der Waals surface area contributed by atoms with E-state index in [1.54, 1.807) is 42.6 Å². The number of nitrogens with two attached hydrogens (primary N) is 6. The zero-order chi connectivity index (χ0) is 94.6. The van der Waals surface area contributed by atoms with E-state index in [-0.39, 0.29) is 64.4 Å². The molecule has 6 unspecified atom stereocenters. The number of imidazole rings is 3. The molecule has 134 heavy (non-hydrogen) atoms. The van der Waals surface area contributed by atoms with Crippen LogP contribution < -0.4 is 51.1 Å². The Balaban J connectivity index is 0.000000129. The van der Waals surface area contributed by atoms with Crippen molar-refractivity contribution in [1.82, 2.24) is 87.2 Å². The summed E-state index contributed by atoms with van der Waals surface area (Å²) >= 11 is 30.0. The molecule has 29 atom stereocenters. The third-order valence-electron chi connectivity index (χ3n) is 22.4. The minimum Gasteiger partial charge on any atom is -0.398 e. The SMILES string of the molecule is Nc1nc2c(ncn2[C@@H]2O[C@@H]3COP(=O)(S)O[C@H]4[C@H](F)[C@H](n5ccc6c(N)ccnc65)O[C@@H]4COP(O)(=S)O[C@@H]2C3)c(=O)[nH]1.Nc1nc2c(ncn2[C@@H]2O[C@@H]3COP(O)(=S)O[C@H]4[C@H](F)[C@H](n5ccc6c(N)ccnc65)O[C@@H]4COP(O)(=S)O[C@@H]2[C@@H]3F)c(=O)[nH]1.Nc1nc2c(ncn2[C@@H]2O[C@@H]3COP(O)(=S)O[C@H]4[C@H](F)[C@H](n5ccc6c(N)ccnc65)O[C@@H]4COP(O)(=S)O[C@@H]2[C@@H]3F)c(=O)[nH]1. The van der Waals surface area contributed by atoms with Crippen molar-refractivity contribution in [2.75, 3.05) is 74.0 Å². The Morgan fingerprint density at radius 2 is 0.664 bits per heavy atom. The molecule has 9 fully saturated rings. The Bertz CT molecular complexity index is 6830. The van der Waals surface area contributed by atoms with Gasteiger partial charge in [0.05, 0.1) is 64.7 Å². The molecule has 0 spiro atoms. The van der Waals surface area contributed by atoms with Gasteiger partial charge in [-0.2, -0.15) is 15.0 Å². The van der Waals surface area contributed by atoms with Gasteiger partial charge in [-0.3, -0.25) is 70.2 Å². The van der Waals surface area contributed by atoms with E-state index in [0.717, 1.165) is 12.7 Å². The van der Waals surface area contributed by atoms with E-state index in [4.69, 9.17) is 176 Å². The highest BCUT2D eigenvalue weighted by Crippen LogP contribution is 2.61. The van der Waals surface area contributed by atoms with Crippen LogP contribution in [0.1, 0.15) is 43.8 Å². The summed E-state index contributed by atoms with van der Waals surface area (Å²) in [5, 5.41) is 1.66. The number of halogens is 5. The number of aromatic amines is 3. The van der Waals surface area contributed by atoms with E-state index in [2.05, 4.69) is 72.1 Å². The highest BCUT2D eigenvalue weighted by molar-refractivity contribution is 8.44. The van der Waals surface area contributed by atoms with Crippen LogP contribution in [0, 0.1) is 0 Å².